The number of nitrogens with zero attached hydrogens (tertiary/aromatic N) is 1. The maximum Gasteiger partial charge on any atom is 0.222 e. The van der Waals surface area contributed by atoms with Gasteiger partial charge in [0.05, 0.1) is 0 Å². The summed E-state index contributed by atoms with van der Waals surface area (Å²) in [6.07, 6.45) is 3.68. The molecular formula is C21H24N2O. The Morgan fingerprint density at radius 1 is 1.12 bits per heavy atom. The second kappa shape index (κ2) is 5.37. The molecule has 1 fully saturated rings. The van der Waals surface area contributed by atoms with Gasteiger partial charge in [0.2, 0.25) is 5.91 Å². The summed E-state index contributed by atoms with van der Waals surface area (Å²) < 4.78 is 0. The molecule has 1 aliphatic heterocycles. The molecular weight excluding hydrogens is 296 g/mol. The average molecular weight is 320 g/mol. The number of hydrogen-bond acceptors (Lipinski definition) is 2. The zero-order chi connectivity index (χ0) is 16.9. The number of nitrogen functional groups attached to an aromatic ring is 1. The molecule has 2 atom stereocenters. The fourth-order valence-corrected chi connectivity index (χ4v) is 4.68. The van der Waals surface area contributed by atoms with E-state index in [-0.39, 0.29) is 11.3 Å². The van der Waals surface area contributed by atoms with E-state index in [0.29, 0.717) is 12.5 Å². The first-order chi connectivity index (χ1) is 11.5. The van der Waals surface area contributed by atoms with Gasteiger partial charge in [0, 0.05) is 30.6 Å². The SMILES string of the molecule is CN1C(=O)CCC2(C)c3ccc(-c4cccc(N)c4)cc3CC[C@@H]12. The molecule has 2 aromatic carbocycles. The van der Waals surface area contributed by atoms with E-state index in [1.54, 1.807) is 0 Å². The number of rotatable bonds is 1. The van der Waals surface area contributed by atoms with Crippen molar-refractivity contribution >= 4 is 11.6 Å². The fourth-order valence-electron chi connectivity index (χ4n) is 4.68. The van der Waals surface area contributed by atoms with E-state index < -0.39 is 0 Å². The Hall–Kier alpha value is -2.29. The number of fused-ring (bicyclic) bond motifs is 3. The third-order valence-corrected chi connectivity index (χ3v) is 6.08. The summed E-state index contributed by atoms with van der Waals surface area (Å²) in [7, 11) is 1.97. The zero-order valence-electron chi connectivity index (χ0n) is 14.4. The fraction of sp³-hybridized carbons (Fsp3) is 0.381. The van der Waals surface area contributed by atoms with Gasteiger partial charge < -0.3 is 10.6 Å². The molecule has 0 aromatic heterocycles. The second-order valence-electron chi connectivity index (χ2n) is 7.47. The van der Waals surface area contributed by atoms with Crippen LogP contribution in [-0.4, -0.2) is 23.9 Å². The van der Waals surface area contributed by atoms with Crippen molar-refractivity contribution in [3.8, 4) is 11.1 Å². The van der Waals surface area contributed by atoms with Crippen LogP contribution >= 0.6 is 0 Å². The number of benzene rings is 2. The van der Waals surface area contributed by atoms with Crippen LogP contribution in [0.3, 0.4) is 0 Å². The molecule has 24 heavy (non-hydrogen) atoms. The largest absolute Gasteiger partial charge is 0.399 e. The predicted octanol–water partition coefficient (Wildman–Crippen LogP) is 3.76. The molecule has 3 heteroatoms. The third kappa shape index (κ3) is 2.22. The smallest absolute Gasteiger partial charge is 0.222 e. The lowest BCUT2D eigenvalue weighted by atomic mass is 9.63. The van der Waals surface area contributed by atoms with Crippen LogP contribution in [0.2, 0.25) is 0 Å². The summed E-state index contributed by atoms with van der Waals surface area (Å²) in [5.41, 5.74) is 12.0. The van der Waals surface area contributed by atoms with Gasteiger partial charge in [-0.3, -0.25) is 4.79 Å². The van der Waals surface area contributed by atoms with Crippen molar-refractivity contribution in [1.82, 2.24) is 4.90 Å². The van der Waals surface area contributed by atoms with Crippen LogP contribution in [0.25, 0.3) is 11.1 Å². The summed E-state index contributed by atoms with van der Waals surface area (Å²) >= 11 is 0. The van der Waals surface area contributed by atoms with Crippen molar-refractivity contribution in [3.63, 3.8) is 0 Å². The summed E-state index contributed by atoms with van der Waals surface area (Å²) in [4.78, 5) is 14.1. The van der Waals surface area contributed by atoms with Crippen LogP contribution in [0.15, 0.2) is 42.5 Å². The van der Waals surface area contributed by atoms with Gasteiger partial charge in [0.1, 0.15) is 0 Å². The van der Waals surface area contributed by atoms with E-state index in [4.69, 9.17) is 5.73 Å². The lowest BCUT2D eigenvalue weighted by Gasteiger charge is -2.50. The minimum Gasteiger partial charge on any atom is -0.399 e. The number of amides is 1. The van der Waals surface area contributed by atoms with Crippen molar-refractivity contribution in [2.45, 2.75) is 44.1 Å². The molecule has 0 spiro atoms. The van der Waals surface area contributed by atoms with Gasteiger partial charge in [0.25, 0.3) is 0 Å². The van der Waals surface area contributed by atoms with Gasteiger partial charge in [0.15, 0.2) is 0 Å². The standard InChI is InChI=1S/C21H24N2O/c1-21-11-10-20(24)23(2)19(21)9-7-16-12-15(6-8-18(16)21)14-4-3-5-17(22)13-14/h3-6,8,12-13,19H,7,9-11,22H2,1-2H3/t19-,21?/m1/s1. The number of hydrogen-bond donors (Lipinski definition) is 1. The van der Waals surface area contributed by atoms with E-state index in [1.807, 2.05) is 30.1 Å². The Bertz CT molecular complexity index is 813. The van der Waals surface area contributed by atoms with Crippen LogP contribution in [0, 0.1) is 0 Å². The lowest BCUT2D eigenvalue weighted by molar-refractivity contribution is -0.138. The number of anilines is 1. The van der Waals surface area contributed by atoms with E-state index in [0.717, 1.165) is 24.9 Å². The Morgan fingerprint density at radius 3 is 2.71 bits per heavy atom. The number of nitrogens with two attached hydrogens (primary N) is 1. The van der Waals surface area contributed by atoms with Crippen LogP contribution in [0.4, 0.5) is 5.69 Å². The molecule has 3 nitrogen and oxygen atoms in total. The van der Waals surface area contributed by atoms with Crippen molar-refractivity contribution in [1.29, 1.82) is 0 Å². The molecule has 1 amide bonds. The molecule has 4 rings (SSSR count). The molecule has 2 aliphatic rings. The molecule has 2 N–H and O–H groups in total. The van der Waals surface area contributed by atoms with Gasteiger partial charge in [-0.1, -0.05) is 37.3 Å². The Balaban J connectivity index is 1.76. The highest BCUT2D eigenvalue weighted by Crippen LogP contribution is 2.46. The summed E-state index contributed by atoms with van der Waals surface area (Å²) in [5, 5.41) is 0. The van der Waals surface area contributed by atoms with Crippen LogP contribution in [0.5, 0.6) is 0 Å². The number of carbonyl (C=O) groups is 1. The van der Waals surface area contributed by atoms with E-state index in [2.05, 4.69) is 31.2 Å². The van der Waals surface area contributed by atoms with Crippen molar-refractivity contribution < 1.29 is 4.79 Å². The van der Waals surface area contributed by atoms with Crippen LogP contribution < -0.4 is 5.73 Å². The van der Waals surface area contributed by atoms with Gasteiger partial charge in [-0.15, -0.1) is 0 Å². The minimum absolute atomic E-state index is 0.0739. The van der Waals surface area contributed by atoms with Crippen molar-refractivity contribution in [2.24, 2.45) is 0 Å². The average Bonchev–Trinajstić information content (AvgIpc) is 2.58. The Labute approximate surface area is 143 Å². The molecule has 2 aromatic rings. The van der Waals surface area contributed by atoms with Gasteiger partial charge >= 0.3 is 0 Å². The lowest BCUT2D eigenvalue weighted by Crippen LogP contribution is -2.56. The van der Waals surface area contributed by atoms with Crippen molar-refractivity contribution in [3.05, 3.63) is 53.6 Å². The Kier molecular flexibility index (Phi) is 3.41. The topological polar surface area (TPSA) is 46.3 Å². The number of likely N-dealkylation sites (tertiary alicyclic amines) is 1. The van der Waals surface area contributed by atoms with E-state index in [1.165, 1.54) is 22.3 Å². The molecule has 0 bridgehead atoms. The molecule has 1 heterocycles. The van der Waals surface area contributed by atoms with E-state index >= 15 is 0 Å². The molecule has 0 saturated carbocycles. The maximum absolute atomic E-state index is 12.1. The van der Waals surface area contributed by atoms with Gasteiger partial charge in [-0.2, -0.15) is 0 Å². The first kappa shape index (κ1) is 15.3. The molecule has 1 unspecified atom stereocenters. The van der Waals surface area contributed by atoms with Crippen molar-refractivity contribution in [2.75, 3.05) is 12.8 Å². The summed E-state index contributed by atoms with van der Waals surface area (Å²) in [6.45, 7) is 2.33. The highest BCUT2D eigenvalue weighted by molar-refractivity contribution is 5.78. The molecule has 1 aliphatic carbocycles. The van der Waals surface area contributed by atoms with Crippen LogP contribution in [-0.2, 0) is 16.6 Å². The molecule has 124 valence electrons. The number of likely N-dealkylation sites (N-methyl/N-ethyl adjacent to an activating group) is 1. The monoisotopic (exact) mass is 320 g/mol. The Morgan fingerprint density at radius 2 is 1.92 bits per heavy atom. The summed E-state index contributed by atoms with van der Waals surface area (Å²) in [6, 6.07) is 15.2. The molecule has 1 saturated heterocycles. The summed E-state index contributed by atoms with van der Waals surface area (Å²) in [5.74, 6) is 0.289. The third-order valence-electron chi connectivity index (χ3n) is 6.08. The van der Waals surface area contributed by atoms with Gasteiger partial charge in [-0.25, -0.2) is 0 Å². The number of aryl methyl sites for hydroxylation is 1. The zero-order valence-corrected chi connectivity index (χ0v) is 14.4. The first-order valence-corrected chi connectivity index (χ1v) is 8.74. The first-order valence-electron chi connectivity index (χ1n) is 8.74. The highest BCUT2D eigenvalue weighted by atomic mass is 16.2. The number of piperidine rings is 1. The van der Waals surface area contributed by atoms with Crippen LogP contribution in [0.1, 0.15) is 37.3 Å². The minimum atomic E-state index is 0.0739. The van der Waals surface area contributed by atoms with Gasteiger partial charge in [-0.05, 0) is 53.6 Å². The van der Waals surface area contributed by atoms with E-state index in [9.17, 15) is 4.79 Å². The maximum atomic E-state index is 12.1. The molecule has 0 radical (unpaired) electrons. The quantitative estimate of drug-likeness (QED) is 0.813. The predicted molar refractivity (Wildman–Crippen MR) is 97.8 cm³/mol. The number of carbonyl (C=O) groups excluding carboxylic acids is 1. The highest BCUT2D eigenvalue weighted by Gasteiger charge is 2.46. The normalized spacial score (nSPS) is 26.0. The second-order valence-corrected chi connectivity index (χ2v) is 7.47.